The molecule has 0 spiro atoms. The van der Waals surface area contributed by atoms with E-state index in [2.05, 4.69) is 62.4 Å². The van der Waals surface area contributed by atoms with E-state index in [1.54, 1.807) is 12.1 Å². The molecule has 0 N–H and O–H groups in total. The number of hydrogen-bond donors (Lipinski definition) is 0. The maximum atomic E-state index is 14.9. The van der Waals surface area contributed by atoms with Gasteiger partial charge in [0.05, 0.1) is 6.61 Å². The molecular formula is C39H50F2O. The summed E-state index contributed by atoms with van der Waals surface area (Å²) in [5, 5.41) is 0. The minimum Gasteiger partial charge on any atom is -0.490 e. The van der Waals surface area contributed by atoms with Gasteiger partial charge in [-0.15, -0.1) is 0 Å². The van der Waals surface area contributed by atoms with Crippen molar-refractivity contribution in [1.29, 1.82) is 0 Å². The van der Waals surface area contributed by atoms with Gasteiger partial charge in [0.1, 0.15) is 0 Å². The average Bonchev–Trinajstić information content (AvgIpc) is 3.02. The van der Waals surface area contributed by atoms with Crippen LogP contribution in [-0.2, 0) is 12.8 Å². The first-order valence-electron chi connectivity index (χ1n) is 16.5. The molecule has 0 atom stereocenters. The highest BCUT2D eigenvalue weighted by atomic mass is 19.2. The summed E-state index contributed by atoms with van der Waals surface area (Å²) in [6, 6.07) is 20.5. The van der Waals surface area contributed by atoms with Gasteiger partial charge in [0.2, 0.25) is 5.82 Å². The topological polar surface area (TPSA) is 9.23 Å². The highest BCUT2D eigenvalue weighted by Gasteiger charge is 2.21. The fourth-order valence-electron chi connectivity index (χ4n) is 6.15. The molecule has 0 unspecified atom stereocenters. The summed E-state index contributed by atoms with van der Waals surface area (Å²) in [5.74, 6) is -0.535. The van der Waals surface area contributed by atoms with Gasteiger partial charge in [0.15, 0.2) is 11.6 Å². The summed E-state index contributed by atoms with van der Waals surface area (Å²) >= 11 is 0. The van der Waals surface area contributed by atoms with Gasteiger partial charge < -0.3 is 4.74 Å². The van der Waals surface area contributed by atoms with Crippen LogP contribution in [0, 0.1) is 17.6 Å². The zero-order valence-electron chi connectivity index (χ0n) is 25.9. The van der Waals surface area contributed by atoms with Crippen LogP contribution in [-0.4, -0.2) is 6.61 Å². The van der Waals surface area contributed by atoms with E-state index in [-0.39, 0.29) is 11.3 Å². The second-order valence-corrected chi connectivity index (χ2v) is 12.1. The second-order valence-electron chi connectivity index (χ2n) is 12.1. The highest BCUT2D eigenvalue weighted by molar-refractivity contribution is 5.65. The van der Waals surface area contributed by atoms with Crippen LogP contribution in [0.15, 0.2) is 72.8 Å². The van der Waals surface area contributed by atoms with E-state index < -0.39 is 11.6 Å². The van der Waals surface area contributed by atoms with Crippen LogP contribution in [0.25, 0.3) is 11.1 Å². The summed E-state index contributed by atoms with van der Waals surface area (Å²) in [7, 11) is 0. The predicted molar refractivity (Wildman–Crippen MR) is 173 cm³/mol. The Kier molecular flexibility index (Phi) is 13.1. The third-order valence-electron chi connectivity index (χ3n) is 8.87. The Balaban J connectivity index is 1.21. The van der Waals surface area contributed by atoms with Crippen LogP contribution >= 0.6 is 0 Å². The maximum Gasteiger partial charge on any atom is 0.201 e. The van der Waals surface area contributed by atoms with Crippen molar-refractivity contribution in [2.75, 3.05) is 6.61 Å². The third kappa shape index (κ3) is 9.54. The Morgan fingerprint density at radius 2 is 1.36 bits per heavy atom. The number of rotatable bonds is 16. The standard InChI is InChI=1S/C39H50F2O/c1-3-5-7-11-29-42-37-28-27-36(38(40)39(37)41)35-25-23-34(24-26-35)33-21-19-32(20-22-33)14-10-9-13-31-17-15-30(16-18-31)12-8-6-4-2/h10,14-18,23-28,32-33H,3-9,11-13,19-22,29H2,1-2H3/b14-10+. The van der Waals surface area contributed by atoms with Gasteiger partial charge >= 0.3 is 0 Å². The number of halogens is 2. The van der Waals surface area contributed by atoms with Crippen molar-refractivity contribution in [3.63, 3.8) is 0 Å². The van der Waals surface area contributed by atoms with Gasteiger partial charge in [0.25, 0.3) is 0 Å². The molecule has 0 bridgehead atoms. The lowest BCUT2D eigenvalue weighted by Crippen LogP contribution is -2.11. The molecule has 0 aliphatic heterocycles. The number of allylic oxidation sites excluding steroid dienone is 2. The predicted octanol–water partition coefficient (Wildman–Crippen LogP) is 11.8. The summed E-state index contributed by atoms with van der Waals surface area (Å²) < 4.78 is 35.1. The summed E-state index contributed by atoms with van der Waals surface area (Å²) in [6.45, 7) is 4.81. The largest absolute Gasteiger partial charge is 0.490 e. The Hall–Kier alpha value is -2.94. The van der Waals surface area contributed by atoms with Crippen LogP contribution in [0.2, 0.25) is 0 Å². The minimum atomic E-state index is -0.894. The molecule has 3 heteroatoms. The van der Waals surface area contributed by atoms with Gasteiger partial charge in [-0.1, -0.05) is 107 Å². The van der Waals surface area contributed by atoms with Gasteiger partial charge in [-0.05, 0) is 104 Å². The second kappa shape index (κ2) is 17.2. The van der Waals surface area contributed by atoms with E-state index >= 15 is 0 Å². The highest BCUT2D eigenvalue weighted by Crippen LogP contribution is 2.38. The lowest BCUT2D eigenvalue weighted by molar-refractivity contribution is 0.285. The molecule has 0 amide bonds. The zero-order valence-corrected chi connectivity index (χ0v) is 25.9. The van der Waals surface area contributed by atoms with Crippen LogP contribution in [0.1, 0.15) is 114 Å². The van der Waals surface area contributed by atoms with Crippen LogP contribution < -0.4 is 4.74 Å². The molecule has 4 rings (SSSR count). The van der Waals surface area contributed by atoms with Gasteiger partial charge in [-0.3, -0.25) is 0 Å². The van der Waals surface area contributed by atoms with Crippen LogP contribution in [0.3, 0.4) is 0 Å². The number of benzene rings is 3. The minimum absolute atomic E-state index is 0.00185. The van der Waals surface area contributed by atoms with E-state index in [0.717, 1.165) is 38.5 Å². The van der Waals surface area contributed by atoms with Crippen LogP contribution in [0.4, 0.5) is 8.78 Å². The SMILES string of the molecule is CCCCCCOc1ccc(-c2ccc(C3CCC(/C=C/CCc4ccc(CCCCC)cc4)CC3)cc2)c(F)c1F. The van der Waals surface area contributed by atoms with Crippen molar-refractivity contribution >= 4 is 0 Å². The Morgan fingerprint density at radius 3 is 2.05 bits per heavy atom. The number of aryl methyl sites for hydroxylation is 2. The molecule has 1 fully saturated rings. The maximum absolute atomic E-state index is 14.9. The molecule has 0 aromatic heterocycles. The van der Waals surface area contributed by atoms with Crippen LogP contribution in [0.5, 0.6) is 5.75 Å². The lowest BCUT2D eigenvalue weighted by atomic mass is 9.78. The molecule has 1 aliphatic rings. The van der Waals surface area contributed by atoms with E-state index in [4.69, 9.17) is 4.74 Å². The van der Waals surface area contributed by atoms with Crippen molar-refractivity contribution in [3.8, 4) is 16.9 Å². The molecule has 1 aliphatic carbocycles. The number of hydrogen-bond acceptors (Lipinski definition) is 1. The molecule has 3 aromatic carbocycles. The lowest BCUT2D eigenvalue weighted by Gasteiger charge is -2.27. The Bertz CT molecular complexity index is 1220. The van der Waals surface area contributed by atoms with Crippen molar-refractivity contribution in [3.05, 3.63) is 101 Å². The molecule has 0 radical (unpaired) electrons. The fourth-order valence-corrected chi connectivity index (χ4v) is 6.15. The average molecular weight is 573 g/mol. The smallest absolute Gasteiger partial charge is 0.201 e. The monoisotopic (exact) mass is 572 g/mol. The Labute approximate surface area is 253 Å². The van der Waals surface area contributed by atoms with E-state index in [1.165, 1.54) is 68.1 Å². The quantitative estimate of drug-likeness (QED) is 0.122. The van der Waals surface area contributed by atoms with Crippen molar-refractivity contribution < 1.29 is 13.5 Å². The normalized spacial score (nSPS) is 17.1. The molecule has 0 saturated heterocycles. The molecule has 42 heavy (non-hydrogen) atoms. The first kappa shape index (κ1) is 32.0. The van der Waals surface area contributed by atoms with E-state index in [1.807, 2.05) is 12.1 Å². The zero-order chi connectivity index (χ0) is 29.6. The third-order valence-corrected chi connectivity index (χ3v) is 8.87. The van der Waals surface area contributed by atoms with E-state index in [9.17, 15) is 8.78 Å². The molecular weight excluding hydrogens is 522 g/mol. The van der Waals surface area contributed by atoms with Crippen molar-refractivity contribution in [2.24, 2.45) is 5.92 Å². The number of ether oxygens (including phenoxy) is 1. The molecule has 1 nitrogen and oxygen atoms in total. The van der Waals surface area contributed by atoms with Crippen molar-refractivity contribution in [2.45, 2.75) is 110 Å². The molecule has 226 valence electrons. The summed E-state index contributed by atoms with van der Waals surface area (Å²) in [5.41, 5.74) is 5.17. The van der Waals surface area contributed by atoms with Gasteiger partial charge in [0, 0.05) is 5.56 Å². The molecule has 3 aromatic rings. The fraction of sp³-hybridized carbons (Fsp3) is 0.487. The first-order valence-corrected chi connectivity index (χ1v) is 16.5. The summed E-state index contributed by atoms with van der Waals surface area (Å²) in [4.78, 5) is 0. The van der Waals surface area contributed by atoms with Crippen molar-refractivity contribution in [1.82, 2.24) is 0 Å². The summed E-state index contributed by atoms with van der Waals surface area (Å²) in [6.07, 6.45) is 21.0. The Morgan fingerprint density at radius 1 is 0.690 bits per heavy atom. The number of unbranched alkanes of at least 4 members (excludes halogenated alkanes) is 5. The van der Waals surface area contributed by atoms with E-state index in [0.29, 0.717) is 24.0 Å². The van der Waals surface area contributed by atoms with Gasteiger partial charge in [-0.2, -0.15) is 4.39 Å². The first-order chi connectivity index (χ1) is 20.6. The van der Waals surface area contributed by atoms with Gasteiger partial charge in [-0.25, -0.2) is 4.39 Å². The molecule has 1 saturated carbocycles. The molecule has 0 heterocycles.